The summed E-state index contributed by atoms with van der Waals surface area (Å²) in [4.78, 5) is 15.2. The van der Waals surface area contributed by atoms with Gasteiger partial charge in [0.05, 0.1) is 7.11 Å². The minimum Gasteiger partial charge on any atom is -0.481 e. The van der Waals surface area contributed by atoms with Crippen molar-refractivity contribution in [3.63, 3.8) is 0 Å². The van der Waals surface area contributed by atoms with Gasteiger partial charge in [-0.25, -0.2) is 4.98 Å². The van der Waals surface area contributed by atoms with Gasteiger partial charge in [-0.1, -0.05) is 12.1 Å². The van der Waals surface area contributed by atoms with Crippen LogP contribution in [0.25, 0.3) is 10.8 Å². The number of ketones is 1. The summed E-state index contributed by atoms with van der Waals surface area (Å²) >= 11 is 0. The van der Waals surface area contributed by atoms with Gasteiger partial charge < -0.3 is 4.74 Å². The maximum absolute atomic E-state index is 11.0. The van der Waals surface area contributed by atoms with Crippen LogP contribution < -0.4 is 4.74 Å². The number of fused-ring (bicyclic) bond motifs is 1. The Bertz CT molecular complexity index is 534. The van der Waals surface area contributed by atoms with Gasteiger partial charge in [0.2, 0.25) is 5.88 Å². The first-order chi connectivity index (χ1) is 7.70. The van der Waals surface area contributed by atoms with E-state index in [2.05, 4.69) is 4.98 Å². The predicted octanol–water partition coefficient (Wildman–Crippen LogP) is 2.37. The molecule has 0 bridgehead atoms. The van der Waals surface area contributed by atoms with E-state index in [1.807, 2.05) is 24.3 Å². The molecule has 3 nitrogen and oxygen atoms in total. The van der Waals surface area contributed by atoms with Crippen molar-refractivity contribution in [3.05, 3.63) is 36.0 Å². The number of aromatic nitrogens is 1. The van der Waals surface area contributed by atoms with Crippen LogP contribution in [0.3, 0.4) is 0 Å². The Balaban J connectivity index is 2.51. The van der Waals surface area contributed by atoms with Crippen LogP contribution in [0.2, 0.25) is 0 Å². The molecule has 82 valence electrons. The number of ether oxygens (including phenoxy) is 1. The molecule has 0 N–H and O–H groups in total. The topological polar surface area (TPSA) is 39.2 Å². The molecule has 1 aromatic carbocycles. The highest BCUT2D eigenvalue weighted by Crippen LogP contribution is 2.23. The number of pyridine rings is 1. The second-order valence-electron chi connectivity index (χ2n) is 3.75. The van der Waals surface area contributed by atoms with E-state index in [9.17, 15) is 4.79 Å². The smallest absolute Gasteiger partial charge is 0.221 e. The second-order valence-corrected chi connectivity index (χ2v) is 3.75. The Morgan fingerprint density at radius 2 is 2.19 bits per heavy atom. The van der Waals surface area contributed by atoms with E-state index >= 15 is 0 Å². The lowest BCUT2D eigenvalue weighted by Crippen LogP contribution is -1.96. The standard InChI is InChI=1S/C13H13NO2/c1-9(15)7-10-3-4-12-11(8-10)5-6-14-13(12)16-2/h3-6,8H,7H2,1-2H3. The normalized spacial score (nSPS) is 10.4. The number of carbonyl (C=O) groups is 1. The molecular formula is C13H13NO2. The van der Waals surface area contributed by atoms with Crippen LogP contribution >= 0.6 is 0 Å². The number of hydrogen-bond acceptors (Lipinski definition) is 3. The van der Waals surface area contributed by atoms with Crippen LogP contribution in [-0.2, 0) is 11.2 Å². The minimum atomic E-state index is 0.167. The first-order valence-corrected chi connectivity index (χ1v) is 5.12. The van der Waals surface area contributed by atoms with E-state index in [0.29, 0.717) is 12.3 Å². The molecule has 0 spiro atoms. The molecule has 1 heterocycles. The van der Waals surface area contributed by atoms with E-state index < -0.39 is 0 Å². The van der Waals surface area contributed by atoms with Crippen molar-refractivity contribution in [1.29, 1.82) is 0 Å². The largest absolute Gasteiger partial charge is 0.481 e. The van der Waals surface area contributed by atoms with Crippen molar-refractivity contribution in [2.75, 3.05) is 7.11 Å². The van der Waals surface area contributed by atoms with E-state index in [1.54, 1.807) is 20.2 Å². The summed E-state index contributed by atoms with van der Waals surface area (Å²) in [7, 11) is 1.60. The van der Waals surface area contributed by atoms with Crippen molar-refractivity contribution in [3.8, 4) is 5.88 Å². The third-order valence-corrected chi connectivity index (χ3v) is 2.44. The number of methoxy groups -OCH3 is 1. The van der Waals surface area contributed by atoms with Crippen molar-refractivity contribution < 1.29 is 9.53 Å². The van der Waals surface area contributed by atoms with Gasteiger partial charge in [0.1, 0.15) is 5.78 Å². The summed E-state index contributed by atoms with van der Waals surface area (Å²) in [6, 6.07) is 7.80. The second kappa shape index (κ2) is 4.31. The van der Waals surface area contributed by atoms with E-state index in [1.165, 1.54) is 0 Å². The molecule has 0 saturated carbocycles. The average Bonchev–Trinajstić information content (AvgIpc) is 2.27. The van der Waals surface area contributed by atoms with Gasteiger partial charge >= 0.3 is 0 Å². The average molecular weight is 215 g/mol. The third kappa shape index (κ3) is 2.03. The highest BCUT2D eigenvalue weighted by Gasteiger charge is 2.04. The van der Waals surface area contributed by atoms with Crippen LogP contribution in [0, 0.1) is 0 Å². The third-order valence-electron chi connectivity index (χ3n) is 2.44. The molecule has 0 atom stereocenters. The van der Waals surface area contributed by atoms with Crippen LogP contribution in [0.5, 0.6) is 5.88 Å². The summed E-state index contributed by atoms with van der Waals surface area (Å²) in [5.74, 6) is 0.784. The van der Waals surface area contributed by atoms with Gasteiger partial charge in [-0.3, -0.25) is 4.79 Å². The van der Waals surface area contributed by atoms with Gasteiger partial charge in [-0.05, 0) is 30.0 Å². The number of hydrogen-bond donors (Lipinski definition) is 0. The summed E-state index contributed by atoms with van der Waals surface area (Å²) in [5, 5.41) is 2.02. The van der Waals surface area contributed by atoms with Crippen molar-refractivity contribution >= 4 is 16.6 Å². The first kappa shape index (κ1) is 10.6. The van der Waals surface area contributed by atoms with Crippen molar-refractivity contribution in [2.45, 2.75) is 13.3 Å². The zero-order chi connectivity index (χ0) is 11.5. The van der Waals surface area contributed by atoms with Gasteiger partial charge in [-0.15, -0.1) is 0 Å². The fraction of sp³-hybridized carbons (Fsp3) is 0.231. The van der Waals surface area contributed by atoms with Crippen molar-refractivity contribution in [2.24, 2.45) is 0 Å². The molecule has 1 aromatic heterocycles. The fourth-order valence-corrected chi connectivity index (χ4v) is 1.76. The van der Waals surface area contributed by atoms with Crippen LogP contribution in [-0.4, -0.2) is 17.9 Å². The lowest BCUT2D eigenvalue weighted by molar-refractivity contribution is -0.116. The maximum Gasteiger partial charge on any atom is 0.221 e. The molecular weight excluding hydrogens is 202 g/mol. The van der Waals surface area contributed by atoms with Crippen LogP contribution in [0.4, 0.5) is 0 Å². The highest BCUT2D eigenvalue weighted by molar-refractivity contribution is 5.88. The molecule has 3 heteroatoms. The molecule has 0 saturated heterocycles. The number of nitrogens with zero attached hydrogens (tertiary/aromatic N) is 1. The Morgan fingerprint density at radius 3 is 2.88 bits per heavy atom. The molecule has 0 unspecified atom stereocenters. The molecule has 16 heavy (non-hydrogen) atoms. The SMILES string of the molecule is COc1nccc2cc(CC(C)=O)ccc12. The predicted molar refractivity (Wildman–Crippen MR) is 62.7 cm³/mol. The van der Waals surface area contributed by atoms with Crippen LogP contribution in [0.15, 0.2) is 30.5 Å². The number of rotatable bonds is 3. The monoisotopic (exact) mass is 215 g/mol. The Morgan fingerprint density at radius 1 is 1.38 bits per heavy atom. The number of carbonyl (C=O) groups excluding carboxylic acids is 1. The minimum absolute atomic E-state index is 0.167. The van der Waals surface area contributed by atoms with E-state index in [-0.39, 0.29) is 5.78 Å². The van der Waals surface area contributed by atoms with E-state index in [0.717, 1.165) is 16.3 Å². The molecule has 0 fully saturated rings. The van der Waals surface area contributed by atoms with Gasteiger partial charge in [0, 0.05) is 18.0 Å². The Kier molecular flexibility index (Phi) is 2.86. The molecule has 0 aliphatic carbocycles. The van der Waals surface area contributed by atoms with Gasteiger partial charge in [0.25, 0.3) is 0 Å². The molecule has 0 aliphatic rings. The first-order valence-electron chi connectivity index (χ1n) is 5.12. The van der Waals surface area contributed by atoms with Gasteiger partial charge in [-0.2, -0.15) is 0 Å². The summed E-state index contributed by atoms with van der Waals surface area (Å²) < 4.78 is 5.17. The molecule has 0 radical (unpaired) electrons. The van der Waals surface area contributed by atoms with Crippen LogP contribution in [0.1, 0.15) is 12.5 Å². The molecule has 2 aromatic rings. The lowest BCUT2D eigenvalue weighted by Gasteiger charge is -2.05. The Labute approximate surface area is 94.1 Å². The molecule has 2 rings (SSSR count). The lowest BCUT2D eigenvalue weighted by atomic mass is 10.1. The maximum atomic E-state index is 11.0. The van der Waals surface area contributed by atoms with Crippen molar-refractivity contribution in [1.82, 2.24) is 4.98 Å². The zero-order valence-electron chi connectivity index (χ0n) is 9.36. The Hall–Kier alpha value is -1.90. The molecule has 0 aliphatic heterocycles. The number of benzene rings is 1. The summed E-state index contributed by atoms with van der Waals surface area (Å²) in [6.07, 6.45) is 2.18. The molecule has 0 amide bonds. The fourth-order valence-electron chi connectivity index (χ4n) is 1.76. The number of Topliss-reactive ketones (excluding diaryl/α,β-unsaturated/α-hetero) is 1. The summed E-state index contributed by atoms with van der Waals surface area (Å²) in [6.45, 7) is 1.59. The van der Waals surface area contributed by atoms with E-state index in [4.69, 9.17) is 4.74 Å². The quantitative estimate of drug-likeness (QED) is 0.789. The highest BCUT2D eigenvalue weighted by atomic mass is 16.5. The zero-order valence-corrected chi connectivity index (χ0v) is 9.36. The van der Waals surface area contributed by atoms with Gasteiger partial charge in [0.15, 0.2) is 0 Å². The summed E-state index contributed by atoms with van der Waals surface area (Å²) in [5.41, 5.74) is 1.02.